The number of aryl methyl sites for hydroxylation is 1. The molecule has 0 fully saturated rings. The van der Waals surface area contributed by atoms with Crippen molar-refractivity contribution in [3.63, 3.8) is 0 Å². The molecule has 2 N–H and O–H groups in total. The maximum Gasteiger partial charge on any atom is 0.337 e. The van der Waals surface area contributed by atoms with Crippen molar-refractivity contribution in [1.29, 1.82) is 0 Å². The Morgan fingerprint density at radius 2 is 1.87 bits per heavy atom. The molecule has 2 rings (SSSR count). The second-order valence-corrected chi connectivity index (χ2v) is 6.46. The van der Waals surface area contributed by atoms with Crippen LogP contribution in [0.15, 0.2) is 40.9 Å². The molecular formula is C16H14BrClN2O2S. The molecule has 0 aliphatic heterocycles. The third-order valence-corrected chi connectivity index (χ3v) is 4.10. The molecule has 0 aliphatic carbocycles. The van der Waals surface area contributed by atoms with Crippen LogP contribution < -0.4 is 10.6 Å². The van der Waals surface area contributed by atoms with Gasteiger partial charge in [0, 0.05) is 10.2 Å². The van der Waals surface area contributed by atoms with E-state index in [-0.39, 0.29) is 0 Å². The van der Waals surface area contributed by atoms with Gasteiger partial charge in [-0.2, -0.15) is 0 Å². The van der Waals surface area contributed by atoms with Crippen LogP contribution in [-0.2, 0) is 4.74 Å². The molecule has 0 aliphatic rings. The van der Waals surface area contributed by atoms with Crippen molar-refractivity contribution < 1.29 is 9.53 Å². The zero-order chi connectivity index (χ0) is 17.0. The summed E-state index contributed by atoms with van der Waals surface area (Å²) in [7, 11) is 1.34. The van der Waals surface area contributed by atoms with Gasteiger partial charge in [0.1, 0.15) is 0 Å². The number of rotatable bonds is 3. The fraction of sp³-hybridized carbons (Fsp3) is 0.125. The van der Waals surface area contributed by atoms with Gasteiger partial charge >= 0.3 is 5.97 Å². The van der Waals surface area contributed by atoms with Gasteiger partial charge in [0.2, 0.25) is 0 Å². The lowest BCUT2D eigenvalue weighted by molar-refractivity contribution is 0.0601. The molecule has 120 valence electrons. The number of nitrogens with one attached hydrogen (secondary N) is 2. The summed E-state index contributed by atoms with van der Waals surface area (Å²) >= 11 is 14.8. The Labute approximate surface area is 153 Å². The summed E-state index contributed by atoms with van der Waals surface area (Å²) < 4.78 is 5.60. The highest BCUT2D eigenvalue weighted by Crippen LogP contribution is 2.26. The van der Waals surface area contributed by atoms with Crippen molar-refractivity contribution in [1.82, 2.24) is 0 Å². The van der Waals surface area contributed by atoms with Crippen LogP contribution in [0.1, 0.15) is 15.9 Å². The molecule has 0 amide bonds. The van der Waals surface area contributed by atoms with E-state index in [1.807, 2.05) is 25.1 Å². The van der Waals surface area contributed by atoms with E-state index in [2.05, 4.69) is 26.6 Å². The number of carbonyl (C=O) groups excluding carboxylic acids is 1. The molecule has 7 heteroatoms. The maximum absolute atomic E-state index is 11.6. The van der Waals surface area contributed by atoms with Crippen molar-refractivity contribution in [3.05, 3.63) is 57.0 Å². The van der Waals surface area contributed by atoms with E-state index in [1.54, 1.807) is 18.2 Å². The van der Waals surface area contributed by atoms with Crippen LogP contribution in [0.25, 0.3) is 0 Å². The van der Waals surface area contributed by atoms with E-state index in [1.165, 1.54) is 7.11 Å². The molecule has 0 atom stereocenters. The molecule has 0 saturated heterocycles. The third kappa shape index (κ3) is 4.67. The smallest absolute Gasteiger partial charge is 0.337 e. The van der Waals surface area contributed by atoms with Crippen LogP contribution in [0.5, 0.6) is 0 Å². The first-order valence-corrected chi connectivity index (χ1v) is 8.20. The van der Waals surface area contributed by atoms with E-state index in [4.69, 9.17) is 28.6 Å². The normalized spacial score (nSPS) is 10.1. The number of thiocarbonyl (C=S) groups is 1. The molecule has 0 radical (unpaired) electrons. The number of hydrogen-bond acceptors (Lipinski definition) is 3. The van der Waals surface area contributed by atoms with Crippen LogP contribution in [0, 0.1) is 6.92 Å². The number of methoxy groups -OCH3 is 1. The Morgan fingerprint density at radius 1 is 1.17 bits per heavy atom. The highest BCUT2D eigenvalue weighted by atomic mass is 79.9. The molecule has 0 heterocycles. The Morgan fingerprint density at radius 3 is 2.52 bits per heavy atom. The fourth-order valence-electron chi connectivity index (χ4n) is 1.87. The van der Waals surface area contributed by atoms with Crippen molar-refractivity contribution in [2.45, 2.75) is 6.92 Å². The Balaban J connectivity index is 2.15. The molecule has 0 spiro atoms. The minimum atomic E-state index is -0.400. The Bertz CT molecular complexity index is 768. The molecule has 23 heavy (non-hydrogen) atoms. The minimum absolute atomic E-state index is 0.374. The zero-order valence-corrected chi connectivity index (χ0v) is 15.6. The first kappa shape index (κ1) is 17.7. The quantitative estimate of drug-likeness (QED) is 0.547. The molecule has 2 aromatic carbocycles. The molecule has 0 aromatic heterocycles. The predicted octanol–water partition coefficient (Wildman–Crippen LogP) is 5.01. The van der Waals surface area contributed by atoms with Crippen molar-refractivity contribution in [2.75, 3.05) is 17.7 Å². The molecular weight excluding hydrogens is 400 g/mol. The van der Waals surface area contributed by atoms with Gasteiger partial charge in [0.15, 0.2) is 5.11 Å². The minimum Gasteiger partial charge on any atom is -0.465 e. The summed E-state index contributed by atoms with van der Waals surface area (Å²) in [6.07, 6.45) is 0. The topological polar surface area (TPSA) is 50.4 Å². The number of ether oxygens (including phenoxy) is 1. The lowest BCUT2D eigenvalue weighted by atomic mass is 10.1. The maximum atomic E-state index is 11.6. The zero-order valence-electron chi connectivity index (χ0n) is 12.4. The van der Waals surface area contributed by atoms with Crippen LogP contribution in [0.3, 0.4) is 0 Å². The van der Waals surface area contributed by atoms with Crippen LogP contribution in [0.2, 0.25) is 5.02 Å². The highest BCUT2D eigenvalue weighted by molar-refractivity contribution is 9.10. The van der Waals surface area contributed by atoms with Gasteiger partial charge in [-0.15, -0.1) is 0 Å². The first-order valence-electron chi connectivity index (χ1n) is 6.62. The van der Waals surface area contributed by atoms with E-state index < -0.39 is 5.97 Å². The number of esters is 1. The molecule has 2 aromatic rings. The van der Waals surface area contributed by atoms with E-state index in [0.717, 1.165) is 15.7 Å². The summed E-state index contributed by atoms with van der Waals surface area (Å²) in [5.74, 6) is -0.400. The Hall–Kier alpha value is -1.63. The standard InChI is InChI=1S/C16H14BrClN2O2S/c1-9-3-4-10(15(21)22-2)7-14(9)20-16(23)19-13-6-5-11(17)8-12(13)18/h3-8H,1-2H3,(H2,19,20,23). The van der Waals surface area contributed by atoms with Gasteiger partial charge in [-0.3, -0.25) is 0 Å². The largest absolute Gasteiger partial charge is 0.465 e. The van der Waals surface area contributed by atoms with Crippen molar-refractivity contribution >= 4 is 62.2 Å². The molecule has 0 saturated carbocycles. The number of hydrogen-bond donors (Lipinski definition) is 2. The SMILES string of the molecule is COC(=O)c1ccc(C)c(NC(=S)Nc2ccc(Br)cc2Cl)c1. The number of benzene rings is 2. The number of anilines is 2. The van der Waals surface area contributed by atoms with Crippen LogP contribution in [0.4, 0.5) is 11.4 Å². The predicted molar refractivity (Wildman–Crippen MR) is 102 cm³/mol. The third-order valence-electron chi connectivity index (χ3n) is 3.09. The van der Waals surface area contributed by atoms with Gasteiger partial charge in [0.05, 0.1) is 23.4 Å². The van der Waals surface area contributed by atoms with E-state index in [0.29, 0.717) is 21.4 Å². The van der Waals surface area contributed by atoms with Crippen LogP contribution in [-0.4, -0.2) is 18.2 Å². The highest BCUT2D eigenvalue weighted by Gasteiger charge is 2.10. The summed E-state index contributed by atoms with van der Waals surface area (Å²) in [6.45, 7) is 1.92. The fourth-order valence-corrected chi connectivity index (χ4v) is 2.81. The first-order chi connectivity index (χ1) is 10.9. The van der Waals surface area contributed by atoms with E-state index >= 15 is 0 Å². The van der Waals surface area contributed by atoms with Gasteiger partial charge in [0.25, 0.3) is 0 Å². The average Bonchev–Trinajstić information content (AvgIpc) is 2.51. The van der Waals surface area contributed by atoms with Crippen molar-refractivity contribution in [2.24, 2.45) is 0 Å². The summed E-state index contributed by atoms with van der Waals surface area (Å²) in [6, 6.07) is 10.7. The van der Waals surface area contributed by atoms with E-state index in [9.17, 15) is 4.79 Å². The van der Waals surface area contributed by atoms with Crippen LogP contribution >= 0.6 is 39.7 Å². The summed E-state index contributed by atoms with van der Waals surface area (Å²) in [5.41, 5.74) is 2.81. The van der Waals surface area contributed by atoms with Gasteiger partial charge < -0.3 is 15.4 Å². The Kier molecular flexibility index (Phi) is 5.98. The number of carbonyl (C=O) groups is 1. The van der Waals surface area contributed by atoms with Gasteiger partial charge in [-0.1, -0.05) is 33.6 Å². The van der Waals surface area contributed by atoms with Crippen molar-refractivity contribution in [3.8, 4) is 0 Å². The number of halogens is 2. The monoisotopic (exact) mass is 412 g/mol. The second-order valence-electron chi connectivity index (χ2n) is 4.72. The van der Waals surface area contributed by atoms with Gasteiger partial charge in [-0.25, -0.2) is 4.79 Å². The average molecular weight is 414 g/mol. The molecule has 0 unspecified atom stereocenters. The lowest BCUT2D eigenvalue weighted by Crippen LogP contribution is -2.20. The second kappa shape index (κ2) is 7.77. The lowest BCUT2D eigenvalue weighted by Gasteiger charge is -2.14. The van der Waals surface area contributed by atoms with Gasteiger partial charge in [-0.05, 0) is 55.0 Å². The molecule has 0 bridgehead atoms. The summed E-state index contributed by atoms with van der Waals surface area (Å²) in [4.78, 5) is 11.6. The summed E-state index contributed by atoms with van der Waals surface area (Å²) in [5, 5.41) is 7.01. The molecule has 4 nitrogen and oxygen atoms in total.